The molecule has 10 heteroatoms. The Balaban J connectivity index is 2.17. The van der Waals surface area contributed by atoms with E-state index < -0.39 is 24.6 Å². The maximum absolute atomic E-state index is 13.3. The maximum Gasteiger partial charge on any atom is 0.387 e. The molecule has 0 fully saturated rings. The quantitative estimate of drug-likeness (QED) is 0.704. The van der Waals surface area contributed by atoms with Crippen molar-refractivity contribution >= 4 is 28.8 Å². The zero-order chi connectivity index (χ0) is 18.8. The molecule has 6 nitrogen and oxygen atoms in total. The second-order valence-corrected chi connectivity index (χ2v) is 5.51. The number of rotatable bonds is 5. The molecule has 2 N–H and O–H groups in total. The fourth-order valence-electron chi connectivity index (χ4n) is 2.32. The Labute approximate surface area is 149 Å². The number of ether oxygens (including phenoxy) is 1. The highest BCUT2D eigenvalue weighted by Gasteiger charge is 2.17. The highest BCUT2D eigenvalue weighted by molar-refractivity contribution is 6.31. The minimum Gasteiger partial charge on any atom is -0.431 e. The number of hydrogen-bond acceptors (Lipinski definition) is 5. The van der Waals surface area contributed by atoms with Crippen molar-refractivity contribution in [1.29, 1.82) is 0 Å². The van der Waals surface area contributed by atoms with Gasteiger partial charge in [-0.3, -0.25) is 9.20 Å². The van der Waals surface area contributed by atoms with Gasteiger partial charge in [0.1, 0.15) is 11.6 Å². The topological polar surface area (TPSA) is 75.9 Å². The van der Waals surface area contributed by atoms with Crippen molar-refractivity contribution in [3.05, 3.63) is 63.3 Å². The van der Waals surface area contributed by atoms with Gasteiger partial charge in [0.15, 0.2) is 11.4 Å². The Morgan fingerprint density at radius 3 is 2.77 bits per heavy atom. The Morgan fingerprint density at radius 2 is 2.12 bits per heavy atom. The third-order valence-electron chi connectivity index (χ3n) is 3.47. The molecular formula is C16H11ClF3N3O3. The van der Waals surface area contributed by atoms with Crippen molar-refractivity contribution in [2.75, 3.05) is 5.32 Å². The summed E-state index contributed by atoms with van der Waals surface area (Å²) >= 11 is 5.71. The standard InChI is InChI=1S/C16H11ClF3N3O3/c17-10-6-8(3-4-11(10)18)21-13-9(7-24)15(25)23-5-1-2-12(14(23)22-13)26-16(19)20/h1-6,16,21,24H,7H2. The van der Waals surface area contributed by atoms with E-state index in [4.69, 9.17) is 11.6 Å². The Kier molecular flexibility index (Phi) is 5.01. The first-order chi connectivity index (χ1) is 12.4. The van der Waals surface area contributed by atoms with Crippen LogP contribution in [0.3, 0.4) is 0 Å². The van der Waals surface area contributed by atoms with Crippen LogP contribution in [0.1, 0.15) is 5.56 Å². The molecule has 0 saturated carbocycles. The van der Waals surface area contributed by atoms with Crippen LogP contribution < -0.4 is 15.6 Å². The zero-order valence-electron chi connectivity index (χ0n) is 12.9. The van der Waals surface area contributed by atoms with Gasteiger partial charge in [-0.2, -0.15) is 8.78 Å². The van der Waals surface area contributed by atoms with Crippen LogP contribution in [0.5, 0.6) is 5.75 Å². The van der Waals surface area contributed by atoms with Crippen LogP contribution in [0.15, 0.2) is 41.3 Å². The number of alkyl halides is 2. The summed E-state index contributed by atoms with van der Waals surface area (Å²) in [5.74, 6) is -1.05. The molecule has 0 saturated heterocycles. The lowest BCUT2D eigenvalue weighted by molar-refractivity contribution is -0.0491. The van der Waals surface area contributed by atoms with E-state index in [9.17, 15) is 23.1 Å². The average molecular weight is 386 g/mol. The number of benzene rings is 1. The van der Waals surface area contributed by atoms with Crippen LogP contribution >= 0.6 is 11.6 Å². The van der Waals surface area contributed by atoms with Gasteiger partial charge in [-0.1, -0.05) is 11.6 Å². The summed E-state index contributed by atoms with van der Waals surface area (Å²) < 4.78 is 43.8. The van der Waals surface area contributed by atoms with Gasteiger partial charge in [-0.15, -0.1) is 0 Å². The van der Waals surface area contributed by atoms with E-state index in [1.807, 2.05) is 0 Å². The number of aliphatic hydroxyl groups is 1. The zero-order valence-corrected chi connectivity index (χ0v) is 13.7. The minimum atomic E-state index is -3.11. The van der Waals surface area contributed by atoms with Crippen LogP contribution in [-0.4, -0.2) is 21.1 Å². The predicted molar refractivity (Wildman–Crippen MR) is 88.7 cm³/mol. The van der Waals surface area contributed by atoms with Crippen molar-refractivity contribution < 1.29 is 23.0 Å². The van der Waals surface area contributed by atoms with E-state index in [2.05, 4.69) is 15.0 Å². The molecule has 0 aliphatic heterocycles. The van der Waals surface area contributed by atoms with Gasteiger partial charge in [0.2, 0.25) is 0 Å². The van der Waals surface area contributed by atoms with Gasteiger partial charge in [-0.25, -0.2) is 9.37 Å². The molecule has 136 valence electrons. The monoisotopic (exact) mass is 385 g/mol. The molecule has 0 bridgehead atoms. The van der Waals surface area contributed by atoms with Crippen molar-refractivity contribution in [1.82, 2.24) is 9.38 Å². The molecule has 0 spiro atoms. The molecule has 2 aromatic heterocycles. The largest absolute Gasteiger partial charge is 0.431 e. The molecular weight excluding hydrogens is 375 g/mol. The third kappa shape index (κ3) is 3.44. The van der Waals surface area contributed by atoms with Gasteiger partial charge in [-0.05, 0) is 30.3 Å². The van der Waals surface area contributed by atoms with Crippen LogP contribution in [0.25, 0.3) is 5.65 Å². The van der Waals surface area contributed by atoms with Gasteiger partial charge in [0, 0.05) is 11.9 Å². The van der Waals surface area contributed by atoms with Crippen LogP contribution in [0.4, 0.5) is 24.7 Å². The molecule has 0 aliphatic carbocycles. The number of anilines is 2. The molecule has 0 aliphatic rings. The molecule has 3 rings (SSSR count). The second kappa shape index (κ2) is 7.22. The van der Waals surface area contributed by atoms with Gasteiger partial charge >= 0.3 is 6.61 Å². The van der Waals surface area contributed by atoms with Crippen molar-refractivity contribution in [2.24, 2.45) is 0 Å². The lowest BCUT2D eigenvalue weighted by Gasteiger charge is -2.14. The molecule has 0 unspecified atom stereocenters. The van der Waals surface area contributed by atoms with E-state index in [0.29, 0.717) is 0 Å². The summed E-state index contributed by atoms with van der Waals surface area (Å²) in [4.78, 5) is 16.6. The first kappa shape index (κ1) is 18.0. The number of aliphatic hydroxyl groups excluding tert-OH is 1. The highest BCUT2D eigenvalue weighted by atomic mass is 35.5. The average Bonchev–Trinajstić information content (AvgIpc) is 2.59. The van der Waals surface area contributed by atoms with Crippen molar-refractivity contribution in [2.45, 2.75) is 13.2 Å². The molecule has 3 aromatic rings. The molecule has 2 heterocycles. The third-order valence-corrected chi connectivity index (χ3v) is 3.76. The predicted octanol–water partition coefficient (Wildman–Crippen LogP) is 3.32. The summed E-state index contributed by atoms with van der Waals surface area (Å²) in [6, 6.07) is 6.26. The number of halogens is 4. The number of pyridine rings is 1. The summed E-state index contributed by atoms with van der Waals surface area (Å²) in [6.07, 6.45) is 1.31. The van der Waals surface area contributed by atoms with Crippen LogP contribution in [0, 0.1) is 5.82 Å². The normalized spacial score (nSPS) is 11.2. The Morgan fingerprint density at radius 1 is 1.35 bits per heavy atom. The molecule has 0 radical (unpaired) electrons. The highest BCUT2D eigenvalue weighted by Crippen LogP contribution is 2.25. The van der Waals surface area contributed by atoms with Gasteiger partial charge < -0.3 is 15.2 Å². The van der Waals surface area contributed by atoms with Crippen molar-refractivity contribution in [3.63, 3.8) is 0 Å². The minimum absolute atomic E-state index is 0.0921. The molecule has 0 amide bonds. The van der Waals surface area contributed by atoms with E-state index in [0.717, 1.165) is 10.5 Å². The molecule has 0 atom stereocenters. The second-order valence-electron chi connectivity index (χ2n) is 5.10. The summed E-state index contributed by atoms with van der Waals surface area (Å²) in [6.45, 7) is -3.77. The molecule has 26 heavy (non-hydrogen) atoms. The number of aromatic nitrogens is 2. The fourth-order valence-corrected chi connectivity index (χ4v) is 2.50. The number of hydrogen-bond donors (Lipinski definition) is 2. The van der Waals surface area contributed by atoms with Gasteiger partial charge in [0.25, 0.3) is 5.56 Å². The smallest absolute Gasteiger partial charge is 0.387 e. The Hall–Kier alpha value is -2.78. The lowest BCUT2D eigenvalue weighted by Crippen LogP contribution is -2.22. The summed E-state index contributed by atoms with van der Waals surface area (Å²) in [5, 5.41) is 12.1. The van der Waals surface area contributed by atoms with E-state index in [1.54, 1.807) is 0 Å². The summed E-state index contributed by atoms with van der Waals surface area (Å²) in [5.41, 5.74) is -0.676. The maximum atomic E-state index is 13.3. The fraction of sp³-hybridized carbons (Fsp3) is 0.125. The first-order valence-corrected chi connectivity index (χ1v) is 7.60. The summed E-state index contributed by atoms with van der Waals surface area (Å²) in [7, 11) is 0. The first-order valence-electron chi connectivity index (χ1n) is 7.22. The Bertz CT molecular complexity index is 1030. The van der Waals surface area contributed by atoms with Gasteiger partial charge in [0.05, 0.1) is 17.2 Å². The molecule has 1 aromatic carbocycles. The van der Waals surface area contributed by atoms with E-state index >= 15 is 0 Å². The SMILES string of the molecule is O=c1c(CO)c(Nc2ccc(F)c(Cl)c2)nc2c(OC(F)F)cccn12. The van der Waals surface area contributed by atoms with E-state index in [-0.39, 0.29) is 33.5 Å². The van der Waals surface area contributed by atoms with Crippen molar-refractivity contribution in [3.8, 4) is 5.75 Å². The number of fused-ring (bicyclic) bond motifs is 1. The lowest BCUT2D eigenvalue weighted by atomic mass is 10.2. The van der Waals surface area contributed by atoms with Crippen LogP contribution in [0.2, 0.25) is 5.02 Å². The van der Waals surface area contributed by atoms with Crippen LogP contribution in [-0.2, 0) is 6.61 Å². The number of nitrogens with zero attached hydrogens (tertiary/aromatic N) is 2. The number of nitrogens with one attached hydrogen (secondary N) is 1. The van der Waals surface area contributed by atoms with E-state index in [1.165, 1.54) is 30.5 Å².